The molecular weight excluding hydrogens is 180 g/mol. The summed E-state index contributed by atoms with van der Waals surface area (Å²) in [5, 5.41) is 5.32. The number of hydrogen-bond donors (Lipinski definition) is 2. The van der Waals surface area contributed by atoms with E-state index in [0.29, 0.717) is 17.2 Å². The molecule has 1 aliphatic heterocycles. The zero-order valence-corrected chi connectivity index (χ0v) is 8.76. The molecular formula is C10H16N2O2. The van der Waals surface area contributed by atoms with E-state index < -0.39 is 0 Å². The fraction of sp³-hybridized carbons (Fsp3) is 0.600. The Morgan fingerprint density at radius 2 is 2.14 bits per heavy atom. The smallest absolute Gasteiger partial charge is 0.319 e. The summed E-state index contributed by atoms with van der Waals surface area (Å²) < 4.78 is 0. The predicted octanol–water partition coefficient (Wildman–Crippen LogP) is 1.19. The molecule has 0 saturated heterocycles. The maximum atomic E-state index is 11.2. The van der Waals surface area contributed by atoms with Crippen LogP contribution in [0.5, 0.6) is 0 Å². The van der Waals surface area contributed by atoms with E-state index in [1.165, 1.54) is 0 Å². The normalized spacial score (nSPS) is 22.0. The van der Waals surface area contributed by atoms with Crippen LogP contribution in [0.2, 0.25) is 0 Å². The first-order valence-corrected chi connectivity index (χ1v) is 4.78. The number of nitrogens with one attached hydrogen (secondary N) is 2. The minimum atomic E-state index is -0.223. The van der Waals surface area contributed by atoms with Crippen molar-refractivity contribution in [1.29, 1.82) is 0 Å². The molecule has 1 rings (SSSR count). The van der Waals surface area contributed by atoms with Gasteiger partial charge in [0.15, 0.2) is 0 Å². The third-order valence-corrected chi connectivity index (χ3v) is 2.25. The predicted molar refractivity (Wildman–Crippen MR) is 53.7 cm³/mol. The minimum absolute atomic E-state index is 0.138. The SMILES string of the molecule is CC1=C(C=O)C(CC(C)C)NC(=O)N1. The van der Waals surface area contributed by atoms with Crippen molar-refractivity contribution in [2.75, 3.05) is 0 Å². The van der Waals surface area contributed by atoms with Crippen molar-refractivity contribution >= 4 is 12.3 Å². The van der Waals surface area contributed by atoms with Crippen LogP contribution in [0.1, 0.15) is 27.2 Å². The molecule has 0 aliphatic carbocycles. The van der Waals surface area contributed by atoms with Gasteiger partial charge in [-0.25, -0.2) is 4.79 Å². The van der Waals surface area contributed by atoms with Gasteiger partial charge < -0.3 is 10.6 Å². The summed E-state index contributed by atoms with van der Waals surface area (Å²) in [6, 6.07) is -0.361. The number of carbonyl (C=O) groups is 2. The molecule has 0 aromatic rings. The molecule has 4 heteroatoms. The van der Waals surface area contributed by atoms with Crippen LogP contribution in [0.3, 0.4) is 0 Å². The van der Waals surface area contributed by atoms with Crippen molar-refractivity contribution in [3.8, 4) is 0 Å². The number of rotatable bonds is 3. The molecule has 0 saturated carbocycles. The highest BCUT2D eigenvalue weighted by Crippen LogP contribution is 2.16. The fourth-order valence-electron chi connectivity index (χ4n) is 1.60. The van der Waals surface area contributed by atoms with Crippen molar-refractivity contribution in [3.05, 3.63) is 11.3 Å². The van der Waals surface area contributed by atoms with Crippen LogP contribution in [-0.2, 0) is 4.79 Å². The summed E-state index contributed by atoms with van der Waals surface area (Å²) >= 11 is 0. The summed E-state index contributed by atoms with van der Waals surface area (Å²) in [5.41, 5.74) is 1.31. The average molecular weight is 196 g/mol. The maximum Gasteiger partial charge on any atom is 0.319 e. The van der Waals surface area contributed by atoms with Gasteiger partial charge in [0, 0.05) is 11.3 Å². The summed E-state index contributed by atoms with van der Waals surface area (Å²) in [7, 11) is 0. The molecule has 0 bridgehead atoms. The van der Waals surface area contributed by atoms with Crippen molar-refractivity contribution in [3.63, 3.8) is 0 Å². The summed E-state index contributed by atoms with van der Waals surface area (Å²) in [6.07, 6.45) is 1.60. The van der Waals surface area contributed by atoms with Gasteiger partial charge in [0.25, 0.3) is 0 Å². The van der Waals surface area contributed by atoms with E-state index in [0.717, 1.165) is 12.7 Å². The maximum absolute atomic E-state index is 11.2. The molecule has 0 fully saturated rings. The Bertz CT molecular complexity index is 282. The van der Waals surface area contributed by atoms with Crippen molar-refractivity contribution < 1.29 is 9.59 Å². The van der Waals surface area contributed by atoms with Crippen LogP contribution < -0.4 is 10.6 Å². The van der Waals surface area contributed by atoms with E-state index in [4.69, 9.17) is 0 Å². The third-order valence-electron chi connectivity index (χ3n) is 2.25. The molecule has 4 nitrogen and oxygen atoms in total. The van der Waals surface area contributed by atoms with Gasteiger partial charge in [0.2, 0.25) is 0 Å². The first kappa shape index (κ1) is 10.8. The van der Waals surface area contributed by atoms with Crippen molar-refractivity contribution in [1.82, 2.24) is 10.6 Å². The van der Waals surface area contributed by atoms with E-state index in [2.05, 4.69) is 24.5 Å². The standard InChI is InChI=1S/C10H16N2O2/c1-6(2)4-9-8(5-13)7(3)11-10(14)12-9/h5-6,9H,4H2,1-3H3,(H2,11,12,14). The minimum Gasteiger partial charge on any atom is -0.331 e. The molecule has 78 valence electrons. The molecule has 1 aliphatic rings. The average Bonchev–Trinajstić information content (AvgIpc) is 2.01. The van der Waals surface area contributed by atoms with Gasteiger partial charge in [0.05, 0.1) is 6.04 Å². The summed E-state index contributed by atoms with van der Waals surface area (Å²) in [5.74, 6) is 0.446. The van der Waals surface area contributed by atoms with Gasteiger partial charge in [0.1, 0.15) is 6.29 Å². The molecule has 14 heavy (non-hydrogen) atoms. The van der Waals surface area contributed by atoms with Crippen molar-refractivity contribution in [2.24, 2.45) is 5.92 Å². The lowest BCUT2D eigenvalue weighted by Gasteiger charge is -2.27. The van der Waals surface area contributed by atoms with E-state index in [1.54, 1.807) is 6.92 Å². The van der Waals surface area contributed by atoms with E-state index >= 15 is 0 Å². The van der Waals surface area contributed by atoms with Crippen LogP contribution in [-0.4, -0.2) is 18.4 Å². The van der Waals surface area contributed by atoms with Gasteiger partial charge in [-0.1, -0.05) is 13.8 Å². The molecule has 2 amide bonds. The Kier molecular flexibility index (Phi) is 3.28. The first-order valence-electron chi connectivity index (χ1n) is 4.78. The van der Waals surface area contributed by atoms with Gasteiger partial charge in [-0.05, 0) is 19.3 Å². The summed E-state index contributed by atoms with van der Waals surface area (Å²) in [6.45, 7) is 5.87. The molecule has 1 heterocycles. The molecule has 1 atom stereocenters. The molecule has 0 radical (unpaired) electrons. The van der Waals surface area contributed by atoms with Gasteiger partial charge >= 0.3 is 6.03 Å². The lowest BCUT2D eigenvalue weighted by molar-refractivity contribution is -0.105. The number of aldehydes is 1. The zero-order chi connectivity index (χ0) is 10.7. The Balaban J connectivity index is 2.86. The van der Waals surface area contributed by atoms with E-state index in [1.807, 2.05) is 0 Å². The lowest BCUT2D eigenvalue weighted by atomic mass is 9.95. The lowest BCUT2D eigenvalue weighted by Crippen LogP contribution is -2.48. The third kappa shape index (κ3) is 2.34. The number of amides is 2. The molecule has 2 N–H and O–H groups in total. The number of hydrogen-bond acceptors (Lipinski definition) is 2. The number of carbonyl (C=O) groups excluding carboxylic acids is 2. The van der Waals surface area contributed by atoms with Crippen LogP contribution >= 0.6 is 0 Å². The van der Waals surface area contributed by atoms with E-state index in [9.17, 15) is 9.59 Å². The van der Waals surface area contributed by atoms with Crippen LogP contribution in [0, 0.1) is 5.92 Å². The second-order valence-corrected chi connectivity index (χ2v) is 3.98. The molecule has 0 spiro atoms. The molecule has 0 aromatic carbocycles. The fourth-order valence-corrected chi connectivity index (χ4v) is 1.60. The van der Waals surface area contributed by atoms with Crippen LogP contribution in [0.15, 0.2) is 11.3 Å². The number of allylic oxidation sites excluding steroid dienone is 1. The molecule has 0 aromatic heterocycles. The second-order valence-electron chi connectivity index (χ2n) is 3.98. The topological polar surface area (TPSA) is 58.2 Å². The highest BCUT2D eigenvalue weighted by Gasteiger charge is 2.24. The van der Waals surface area contributed by atoms with E-state index in [-0.39, 0.29) is 12.1 Å². The quantitative estimate of drug-likeness (QED) is 0.666. The number of urea groups is 1. The Morgan fingerprint density at radius 1 is 1.50 bits per heavy atom. The summed E-state index contributed by atoms with van der Waals surface area (Å²) in [4.78, 5) is 22.0. The van der Waals surface area contributed by atoms with Gasteiger partial charge in [-0.2, -0.15) is 0 Å². The Hall–Kier alpha value is -1.32. The second kappa shape index (κ2) is 4.26. The van der Waals surface area contributed by atoms with Crippen LogP contribution in [0.4, 0.5) is 4.79 Å². The highest BCUT2D eigenvalue weighted by molar-refractivity contribution is 5.86. The Labute approximate surface area is 83.8 Å². The largest absolute Gasteiger partial charge is 0.331 e. The van der Waals surface area contributed by atoms with Crippen molar-refractivity contribution in [2.45, 2.75) is 33.2 Å². The monoisotopic (exact) mass is 196 g/mol. The zero-order valence-electron chi connectivity index (χ0n) is 8.76. The van der Waals surface area contributed by atoms with Gasteiger partial charge in [-0.3, -0.25) is 4.79 Å². The van der Waals surface area contributed by atoms with Crippen LogP contribution in [0.25, 0.3) is 0 Å². The molecule has 1 unspecified atom stereocenters. The Morgan fingerprint density at radius 3 is 2.64 bits per heavy atom. The first-order chi connectivity index (χ1) is 6.54. The van der Waals surface area contributed by atoms with Gasteiger partial charge in [-0.15, -0.1) is 0 Å². The highest BCUT2D eigenvalue weighted by atomic mass is 16.2.